The van der Waals surface area contributed by atoms with Crippen LogP contribution in [0.2, 0.25) is 0 Å². The van der Waals surface area contributed by atoms with E-state index >= 15 is 0 Å². The maximum atomic E-state index is 13.0. The fourth-order valence-corrected chi connectivity index (χ4v) is 5.20. The second kappa shape index (κ2) is 9.45. The molecule has 0 bridgehead atoms. The summed E-state index contributed by atoms with van der Waals surface area (Å²) in [5, 5.41) is 0. The molecule has 1 saturated heterocycles. The average Bonchev–Trinajstić information content (AvgIpc) is 2.75. The number of carbonyl (C=O) groups excluding carboxylic acids is 1. The molecule has 0 spiro atoms. The average molecular weight is 496 g/mol. The fourth-order valence-electron chi connectivity index (χ4n) is 3.40. The van der Waals surface area contributed by atoms with E-state index in [1.54, 1.807) is 29.3 Å². The standard InChI is InChI=1S/C21H26BrN3O4S/c1-3-16(2)17-4-7-19(8-5-17)30(28,29)25-12-10-23(11-13-25)21(27)15-24-14-18(22)6-9-20(24)26/h4-9,14,16H,3,10-13,15H2,1-2H3. The first-order valence-corrected chi connectivity index (χ1v) is 12.2. The first kappa shape index (κ1) is 22.7. The summed E-state index contributed by atoms with van der Waals surface area (Å²) in [6, 6.07) is 10.1. The van der Waals surface area contributed by atoms with Crippen LogP contribution in [0, 0.1) is 0 Å². The molecule has 2 heterocycles. The second-order valence-electron chi connectivity index (χ2n) is 7.48. The van der Waals surface area contributed by atoms with Crippen molar-refractivity contribution in [1.82, 2.24) is 13.8 Å². The molecule has 2 aromatic rings. The minimum Gasteiger partial charge on any atom is -0.339 e. The number of aromatic nitrogens is 1. The van der Waals surface area contributed by atoms with Gasteiger partial charge < -0.3 is 9.47 Å². The van der Waals surface area contributed by atoms with Gasteiger partial charge in [-0.3, -0.25) is 9.59 Å². The molecule has 9 heteroatoms. The van der Waals surface area contributed by atoms with E-state index in [1.165, 1.54) is 14.9 Å². The van der Waals surface area contributed by atoms with Crippen LogP contribution in [0.3, 0.4) is 0 Å². The molecule has 0 N–H and O–H groups in total. The highest BCUT2D eigenvalue weighted by atomic mass is 79.9. The molecule has 1 fully saturated rings. The number of carbonyl (C=O) groups is 1. The van der Waals surface area contributed by atoms with E-state index in [2.05, 4.69) is 29.8 Å². The van der Waals surface area contributed by atoms with Crippen LogP contribution < -0.4 is 5.56 Å². The van der Waals surface area contributed by atoms with Crippen LogP contribution in [0.5, 0.6) is 0 Å². The van der Waals surface area contributed by atoms with Gasteiger partial charge in [-0.15, -0.1) is 0 Å². The van der Waals surface area contributed by atoms with Crippen molar-refractivity contribution in [3.8, 4) is 0 Å². The Morgan fingerprint density at radius 1 is 1.07 bits per heavy atom. The Balaban J connectivity index is 1.63. The molecule has 1 aromatic carbocycles. The number of nitrogens with zero attached hydrogens (tertiary/aromatic N) is 3. The highest BCUT2D eigenvalue weighted by Crippen LogP contribution is 2.23. The van der Waals surface area contributed by atoms with Gasteiger partial charge in [0.15, 0.2) is 0 Å². The van der Waals surface area contributed by atoms with Crippen LogP contribution in [0.4, 0.5) is 0 Å². The quantitative estimate of drug-likeness (QED) is 0.616. The third kappa shape index (κ3) is 5.01. The van der Waals surface area contributed by atoms with Crippen LogP contribution in [0.25, 0.3) is 0 Å². The Morgan fingerprint density at radius 2 is 1.70 bits per heavy atom. The molecule has 30 heavy (non-hydrogen) atoms. The Morgan fingerprint density at radius 3 is 2.30 bits per heavy atom. The molecular weight excluding hydrogens is 470 g/mol. The van der Waals surface area contributed by atoms with Crippen LogP contribution in [0.15, 0.2) is 56.8 Å². The molecule has 3 rings (SSSR count). The summed E-state index contributed by atoms with van der Waals surface area (Å²) >= 11 is 3.29. The lowest BCUT2D eigenvalue weighted by Gasteiger charge is -2.34. The summed E-state index contributed by atoms with van der Waals surface area (Å²) in [5.74, 6) is 0.180. The van der Waals surface area contributed by atoms with Crippen molar-refractivity contribution in [2.75, 3.05) is 26.2 Å². The largest absolute Gasteiger partial charge is 0.339 e. The normalized spacial score (nSPS) is 16.4. The third-order valence-corrected chi connectivity index (χ3v) is 7.93. The van der Waals surface area contributed by atoms with Crippen molar-refractivity contribution < 1.29 is 13.2 Å². The van der Waals surface area contributed by atoms with Gasteiger partial charge in [0.25, 0.3) is 5.56 Å². The number of halogens is 1. The van der Waals surface area contributed by atoms with Gasteiger partial charge in [0.05, 0.1) is 4.90 Å². The molecule has 1 aromatic heterocycles. The summed E-state index contributed by atoms with van der Waals surface area (Å²) in [6.07, 6.45) is 2.57. The lowest BCUT2D eigenvalue weighted by Crippen LogP contribution is -2.51. The number of hydrogen-bond donors (Lipinski definition) is 0. The Bertz CT molecular complexity index is 1060. The number of sulfonamides is 1. The first-order chi connectivity index (χ1) is 14.2. The molecule has 1 aliphatic rings. The van der Waals surface area contributed by atoms with Crippen LogP contribution in [-0.4, -0.2) is 54.3 Å². The van der Waals surface area contributed by atoms with Gasteiger partial charge in [0.2, 0.25) is 15.9 Å². The topological polar surface area (TPSA) is 79.7 Å². The van der Waals surface area contributed by atoms with Crippen molar-refractivity contribution in [3.05, 3.63) is 63.0 Å². The minimum atomic E-state index is -3.60. The highest BCUT2D eigenvalue weighted by molar-refractivity contribution is 9.10. The molecule has 1 amide bonds. The highest BCUT2D eigenvalue weighted by Gasteiger charge is 2.30. The zero-order valence-electron chi connectivity index (χ0n) is 17.1. The van der Waals surface area contributed by atoms with E-state index in [0.717, 1.165) is 12.0 Å². The Labute approximate surface area is 185 Å². The van der Waals surface area contributed by atoms with E-state index in [4.69, 9.17) is 0 Å². The molecule has 1 aliphatic heterocycles. The maximum absolute atomic E-state index is 13.0. The van der Waals surface area contributed by atoms with E-state index in [0.29, 0.717) is 23.5 Å². The zero-order chi connectivity index (χ0) is 21.9. The number of amides is 1. The van der Waals surface area contributed by atoms with Crippen molar-refractivity contribution >= 4 is 31.9 Å². The van der Waals surface area contributed by atoms with Gasteiger partial charge >= 0.3 is 0 Å². The van der Waals surface area contributed by atoms with E-state index < -0.39 is 10.0 Å². The smallest absolute Gasteiger partial charge is 0.251 e. The van der Waals surface area contributed by atoms with Gasteiger partial charge in [-0.25, -0.2) is 8.42 Å². The number of benzene rings is 1. The predicted octanol–water partition coefficient (Wildman–Crippen LogP) is 2.66. The van der Waals surface area contributed by atoms with Gasteiger partial charge in [-0.05, 0) is 52.0 Å². The van der Waals surface area contributed by atoms with E-state index in [9.17, 15) is 18.0 Å². The van der Waals surface area contributed by atoms with Crippen molar-refractivity contribution in [2.45, 2.75) is 37.6 Å². The lowest BCUT2D eigenvalue weighted by atomic mass is 9.99. The summed E-state index contributed by atoms with van der Waals surface area (Å²) in [6.45, 7) is 5.20. The van der Waals surface area contributed by atoms with E-state index in [1.807, 2.05) is 12.1 Å². The molecule has 0 saturated carbocycles. The van der Waals surface area contributed by atoms with Gasteiger partial charge in [0, 0.05) is 42.9 Å². The molecule has 1 atom stereocenters. The number of piperazine rings is 1. The van der Waals surface area contributed by atoms with Gasteiger partial charge in [-0.2, -0.15) is 4.31 Å². The Hall–Kier alpha value is -1.97. The van der Waals surface area contributed by atoms with Crippen LogP contribution in [0.1, 0.15) is 31.7 Å². The zero-order valence-corrected chi connectivity index (χ0v) is 19.5. The molecule has 1 unspecified atom stereocenters. The summed E-state index contributed by atoms with van der Waals surface area (Å²) in [5.41, 5.74) is 0.864. The maximum Gasteiger partial charge on any atom is 0.251 e. The molecule has 0 radical (unpaired) electrons. The third-order valence-electron chi connectivity index (χ3n) is 5.54. The predicted molar refractivity (Wildman–Crippen MR) is 119 cm³/mol. The summed E-state index contributed by atoms with van der Waals surface area (Å²) < 4.78 is 29.4. The number of hydrogen-bond acceptors (Lipinski definition) is 4. The van der Waals surface area contributed by atoms with Crippen molar-refractivity contribution in [1.29, 1.82) is 0 Å². The van der Waals surface area contributed by atoms with Crippen LogP contribution in [-0.2, 0) is 21.4 Å². The first-order valence-electron chi connectivity index (χ1n) is 9.96. The number of pyridine rings is 1. The summed E-state index contributed by atoms with van der Waals surface area (Å²) in [4.78, 5) is 26.3. The van der Waals surface area contributed by atoms with Crippen LogP contribution >= 0.6 is 15.9 Å². The van der Waals surface area contributed by atoms with Gasteiger partial charge in [-0.1, -0.05) is 26.0 Å². The molecular formula is C21H26BrN3O4S. The minimum absolute atomic E-state index is 0.0674. The monoisotopic (exact) mass is 495 g/mol. The molecule has 0 aliphatic carbocycles. The van der Waals surface area contributed by atoms with Gasteiger partial charge in [0.1, 0.15) is 6.54 Å². The molecule has 7 nitrogen and oxygen atoms in total. The fraction of sp³-hybridized carbons (Fsp3) is 0.429. The van der Waals surface area contributed by atoms with Crippen molar-refractivity contribution in [3.63, 3.8) is 0 Å². The Kier molecular flexibility index (Phi) is 7.15. The lowest BCUT2D eigenvalue weighted by molar-refractivity contribution is -0.133. The van der Waals surface area contributed by atoms with Crippen molar-refractivity contribution in [2.24, 2.45) is 0 Å². The van der Waals surface area contributed by atoms with E-state index in [-0.39, 0.29) is 36.0 Å². The summed E-state index contributed by atoms with van der Waals surface area (Å²) in [7, 11) is -3.60. The molecule has 162 valence electrons. The number of rotatable bonds is 6. The SMILES string of the molecule is CCC(C)c1ccc(S(=O)(=O)N2CCN(C(=O)Cn3cc(Br)ccc3=O)CC2)cc1. The second-order valence-corrected chi connectivity index (χ2v) is 10.3.